The standard InChI is InChI=1S/C16H22F3N/c1-4-15(5-2)11-10-14(3,20-15)12-6-8-13(9-7-12)16(17,18)19/h6-9,20H,4-5,10-11H2,1-3H3. The number of rotatable bonds is 3. The fraction of sp³-hybridized carbons (Fsp3) is 0.625. The molecular formula is C16H22F3N. The van der Waals surface area contributed by atoms with Gasteiger partial charge in [-0.25, -0.2) is 0 Å². The van der Waals surface area contributed by atoms with Crippen molar-refractivity contribution in [1.82, 2.24) is 5.32 Å². The second-order valence-corrected chi connectivity index (χ2v) is 6.02. The second kappa shape index (κ2) is 5.06. The quantitative estimate of drug-likeness (QED) is 0.836. The molecule has 1 aromatic rings. The monoisotopic (exact) mass is 285 g/mol. The largest absolute Gasteiger partial charge is 0.416 e. The molecular weight excluding hydrogens is 263 g/mol. The number of alkyl halides is 3. The van der Waals surface area contributed by atoms with Crippen molar-refractivity contribution in [3.63, 3.8) is 0 Å². The van der Waals surface area contributed by atoms with Crippen molar-refractivity contribution < 1.29 is 13.2 Å². The van der Waals surface area contributed by atoms with Crippen LogP contribution in [-0.4, -0.2) is 5.54 Å². The normalized spacial score (nSPS) is 25.9. The molecule has 1 nitrogen and oxygen atoms in total. The van der Waals surface area contributed by atoms with Crippen LogP contribution in [0.25, 0.3) is 0 Å². The van der Waals surface area contributed by atoms with Gasteiger partial charge < -0.3 is 5.32 Å². The Balaban J connectivity index is 2.24. The van der Waals surface area contributed by atoms with E-state index in [9.17, 15) is 13.2 Å². The average Bonchev–Trinajstić information content (AvgIpc) is 2.78. The lowest BCUT2D eigenvalue weighted by atomic mass is 9.89. The third-order valence-electron chi connectivity index (χ3n) is 4.85. The van der Waals surface area contributed by atoms with Gasteiger partial charge in [0.05, 0.1) is 5.56 Å². The molecule has 1 aliphatic rings. The molecule has 4 heteroatoms. The summed E-state index contributed by atoms with van der Waals surface area (Å²) in [7, 11) is 0. The molecule has 0 radical (unpaired) electrons. The number of benzene rings is 1. The summed E-state index contributed by atoms with van der Waals surface area (Å²) >= 11 is 0. The van der Waals surface area contributed by atoms with E-state index in [0.29, 0.717) is 0 Å². The first-order valence-corrected chi connectivity index (χ1v) is 7.22. The van der Waals surface area contributed by atoms with Crippen LogP contribution in [0.1, 0.15) is 57.6 Å². The average molecular weight is 285 g/mol. The zero-order valence-corrected chi connectivity index (χ0v) is 12.3. The molecule has 0 aromatic heterocycles. The SMILES string of the molecule is CCC1(CC)CCC(C)(c2ccc(C(F)(F)F)cc2)N1. The van der Waals surface area contributed by atoms with Gasteiger partial charge in [-0.3, -0.25) is 0 Å². The molecule has 1 fully saturated rings. The lowest BCUT2D eigenvalue weighted by molar-refractivity contribution is -0.137. The molecule has 0 saturated carbocycles. The number of hydrogen-bond donors (Lipinski definition) is 1. The van der Waals surface area contributed by atoms with E-state index in [2.05, 4.69) is 26.1 Å². The van der Waals surface area contributed by atoms with Gasteiger partial charge in [-0.05, 0) is 50.3 Å². The van der Waals surface area contributed by atoms with E-state index < -0.39 is 11.7 Å². The maximum absolute atomic E-state index is 12.6. The molecule has 1 unspecified atom stereocenters. The van der Waals surface area contributed by atoms with Crippen molar-refractivity contribution >= 4 is 0 Å². The number of hydrogen-bond acceptors (Lipinski definition) is 1. The summed E-state index contributed by atoms with van der Waals surface area (Å²) in [5.74, 6) is 0. The zero-order valence-electron chi connectivity index (χ0n) is 12.3. The van der Waals surface area contributed by atoms with Gasteiger partial charge in [0, 0.05) is 11.1 Å². The van der Waals surface area contributed by atoms with Gasteiger partial charge in [-0.2, -0.15) is 13.2 Å². The highest BCUT2D eigenvalue weighted by atomic mass is 19.4. The van der Waals surface area contributed by atoms with Gasteiger partial charge in [0.2, 0.25) is 0 Å². The summed E-state index contributed by atoms with van der Waals surface area (Å²) < 4.78 is 37.8. The number of halogens is 3. The van der Waals surface area contributed by atoms with Gasteiger partial charge in [-0.1, -0.05) is 26.0 Å². The van der Waals surface area contributed by atoms with Crippen molar-refractivity contribution in [3.05, 3.63) is 35.4 Å². The summed E-state index contributed by atoms with van der Waals surface area (Å²) in [6, 6.07) is 5.58. The van der Waals surface area contributed by atoms with E-state index >= 15 is 0 Å². The van der Waals surface area contributed by atoms with Gasteiger partial charge >= 0.3 is 6.18 Å². The van der Waals surface area contributed by atoms with E-state index in [1.54, 1.807) is 12.1 Å². The van der Waals surface area contributed by atoms with Crippen molar-refractivity contribution in [1.29, 1.82) is 0 Å². The predicted octanol–water partition coefficient (Wildman–Crippen LogP) is 4.86. The molecule has 1 atom stereocenters. The van der Waals surface area contributed by atoms with Crippen molar-refractivity contribution in [3.8, 4) is 0 Å². The molecule has 1 N–H and O–H groups in total. The minimum Gasteiger partial charge on any atom is -0.302 e. The Bertz CT molecular complexity index is 460. The summed E-state index contributed by atoms with van der Waals surface area (Å²) in [4.78, 5) is 0. The highest BCUT2D eigenvalue weighted by Crippen LogP contribution is 2.41. The first kappa shape index (κ1) is 15.4. The zero-order chi connectivity index (χ0) is 15.0. The van der Waals surface area contributed by atoms with Crippen LogP contribution in [0.15, 0.2) is 24.3 Å². The molecule has 0 spiro atoms. The van der Waals surface area contributed by atoms with Crippen LogP contribution in [0.5, 0.6) is 0 Å². The molecule has 1 heterocycles. The van der Waals surface area contributed by atoms with Gasteiger partial charge in [-0.15, -0.1) is 0 Å². The van der Waals surface area contributed by atoms with Crippen molar-refractivity contribution in [2.45, 2.75) is 63.7 Å². The lowest BCUT2D eigenvalue weighted by Gasteiger charge is -2.33. The van der Waals surface area contributed by atoms with E-state index in [1.165, 1.54) is 12.1 Å². The smallest absolute Gasteiger partial charge is 0.302 e. The Labute approximate surface area is 118 Å². The first-order valence-electron chi connectivity index (χ1n) is 7.22. The maximum atomic E-state index is 12.6. The van der Waals surface area contributed by atoms with Crippen LogP contribution in [0.4, 0.5) is 13.2 Å². The van der Waals surface area contributed by atoms with Crippen LogP contribution in [0.2, 0.25) is 0 Å². The molecule has 0 aliphatic carbocycles. The van der Waals surface area contributed by atoms with Gasteiger partial charge in [0.15, 0.2) is 0 Å². The molecule has 1 aromatic carbocycles. The van der Waals surface area contributed by atoms with Gasteiger partial charge in [0.1, 0.15) is 0 Å². The Morgan fingerprint density at radius 1 is 1.05 bits per heavy atom. The van der Waals surface area contributed by atoms with Crippen molar-refractivity contribution in [2.75, 3.05) is 0 Å². The third kappa shape index (κ3) is 2.71. The molecule has 0 bridgehead atoms. The maximum Gasteiger partial charge on any atom is 0.416 e. The minimum absolute atomic E-state index is 0.122. The Hall–Kier alpha value is -1.03. The molecule has 20 heavy (non-hydrogen) atoms. The van der Waals surface area contributed by atoms with Crippen LogP contribution in [-0.2, 0) is 11.7 Å². The van der Waals surface area contributed by atoms with Crippen LogP contribution >= 0.6 is 0 Å². The molecule has 0 amide bonds. The Kier molecular flexibility index (Phi) is 3.89. The topological polar surface area (TPSA) is 12.0 Å². The van der Waals surface area contributed by atoms with Crippen LogP contribution in [0.3, 0.4) is 0 Å². The van der Waals surface area contributed by atoms with Crippen LogP contribution in [0, 0.1) is 0 Å². The number of nitrogens with one attached hydrogen (secondary N) is 1. The molecule has 1 saturated heterocycles. The lowest BCUT2D eigenvalue weighted by Crippen LogP contribution is -2.46. The summed E-state index contributed by atoms with van der Waals surface area (Å²) in [6.45, 7) is 6.41. The predicted molar refractivity (Wildman–Crippen MR) is 74.5 cm³/mol. The first-order chi connectivity index (χ1) is 9.25. The van der Waals surface area contributed by atoms with E-state index in [0.717, 1.165) is 31.2 Å². The fourth-order valence-corrected chi connectivity index (χ4v) is 3.22. The summed E-state index contributed by atoms with van der Waals surface area (Å²) in [6.07, 6.45) is -0.157. The summed E-state index contributed by atoms with van der Waals surface area (Å²) in [5, 5.41) is 3.67. The molecule has 1 aliphatic heterocycles. The van der Waals surface area contributed by atoms with Crippen molar-refractivity contribution in [2.24, 2.45) is 0 Å². The third-order valence-corrected chi connectivity index (χ3v) is 4.85. The Morgan fingerprint density at radius 3 is 2.00 bits per heavy atom. The van der Waals surface area contributed by atoms with Gasteiger partial charge in [0.25, 0.3) is 0 Å². The van der Waals surface area contributed by atoms with Crippen LogP contribution < -0.4 is 5.32 Å². The molecule has 112 valence electrons. The minimum atomic E-state index is -4.26. The second-order valence-electron chi connectivity index (χ2n) is 6.02. The summed E-state index contributed by atoms with van der Waals surface area (Å²) in [5.41, 5.74) is 0.252. The Morgan fingerprint density at radius 2 is 1.60 bits per heavy atom. The van der Waals surface area contributed by atoms with E-state index in [1.807, 2.05) is 0 Å². The van der Waals surface area contributed by atoms with E-state index in [4.69, 9.17) is 0 Å². The highest BCUT2D eigenvalue weighted by Gasteiger charge is 2.43. The van der Waals surface area contributed by atoms with E-state index in [-0.39, 0.29) is 11.1 Å². The fourth-order valence-electron chi connectivity index (χ4n) is 3.22. The molecule has 2 rings (SSSR count). The highest BCUT2D eigenvalue weighted by molar-refractivity contribution is 5.31.